The van der Waals surface area contributed by atoms with Crippen molar-refractivity contribution in [3.05, 3.63) is 60.2 Å². The van der Waals surface area contributed by atoms with E-state index in [1.54, 1.807) is 0 Å². The molecule has 0 unspecified atom stereocenters. The van der Waals surface area contributed by atoms with Gasteiger partial charge >= 0.3 is 5.97 Å². The molecule has 0 saturated heterocycles. The summed E-state index contributed by atoms with van der Waals surface area (Å²) in [7, 11) is 0. The van der Waals surface area contributed by atoms with Crippen molar-refractivity contribution in [3.8, 4) is 11.1 Å². The van der Waals surface area contributed by atoms with Crippen LogP contribution in [0.3, 0.4) is 0 Å². The van der Waals surface area contributed by atoms with Crippen LogP contribution in [0.5, 0.6) is 0 Å². The molecule has 1 N–H and O–H groups in total. The van der Waals surface area contributed by atoms with Crippen LogP contribution in [-0.4, -0.2) is 24.5 Å². The second-order valence-electron chi connectivity index (χ2n) is 5.62. The first-order valence-corrected chi connectivity index (χ1v) is 7.64. The molecule has 0 aliphatic rings. The van der Waals surface area contributed by atoms with E-state index in [1.807, 2.05) is 68.4 Å². The average molecular weight is 311 g/mol. The monoisotopic (exact) mass is 311 g/mol. The molecule has 4 nitrogen and oxygen atoms in total. The number of amides is 1. The number of hydrogen-bond acceptors (Lipinski definition) is 3. The molecule has 0 aliphatic heterocycles. The molecule has 2 aromatic carbocycles. The van der Waals surface area contributed by atoms with Crippen molar-refractivity contribution in [3.63, 3.8) is 0 Å². The summed E-state index contributed by atoms with van der Waals surface area (Å²) >= 11 is 0. The van der Waals surface area contributed by atoms with Gasteiger partial charge in [-0.3, -0.25) is 9.59 Å². The highest BCUT2D eigenvalue weighted by molar-refractivity contribution is 5.81. The standard InChI is InChI=1S/C19H21NO3/c1-14(2)20-18(21)13-23-19(22)12-15-8-10-17(11-9-15)16-6-4-3-5-7-16/h3-11,14H,12-13H2,1-2H3,(H,20,21). The summed E-state index contributed by atoms with van der Waals surface area (Å²) < 4.78 is 4.97. The fraction of sp³-hybridized carbons (Fsp3) is 0.263. The molecule has 0 saturated carbocycles. The Morgan fingerprint density at radius 3 is 2.17 bits per heavy atom. The fourth-order valence-electron chi connectivity index (χ4n) is 2.17. The second-order valence-corrected chi connectivity index (χ2v) is 5.62. The van der Waals surface area contributed by atoms with E-state index >= 15 is 0 Å². The molecule has 0 aromatic heterocycles. The van der Waals surface area contributed by atoms with Crippen molar-refractivity contribution in [2.24, 2.45) is 0 Å². The first-order chi connectivity index (χ1) is 11.0. The van der Waals surface area contributed by atoms with Crippen LogP contribution in [-0.2, 0) is 20.7 Å². The van der Waals surface area contributed by atoms with Gasteiger partial charge in [0.2, 0.25) is 0 Å². The van der Waals surface area contributed by atoms with Crippen LogP contribution in [0, 0.1) is 0 Å². The number of rotatable bonds is 6. The lowest BCUT2D eigenvalue weighted by molar-refractivity contribution is -0.148. The maximum absolute atomic E-state index is 11.8. The van der Waals surface area contributed by atoms with E-state index in [-0.39, 0.29) is 25.0 Å². The third kappa shape index (κ3) is 5.58. The molecule has 0 atom stereocenters. The molecule has 120 valence electrons. The highest BCUT2D eigenvalue weighted by Crippen LogP contribution is 2.19. The quantitative estimate of drug-likeness (QED) is 0.835. The first-order valence-electron chi connectivity index (χ1n) is 7.64. The highest BCUT2D eigenvalue weighted by Gasteiger charge is 2.09. The van der Waals surface area contributed by atoms with Crippen LogP contribution < -0.4 is 5.32 Å². The Balaban J connectivity index is 1.86. The van der Waals surface area contributed by atoms with Crippen LogP contribution in [0.1, 0.15) is 19.4 Å². The van der Waals surface area contributed by atoms with E-state index in [2.05, 4.69) is 5.32 Å². The Morgan fingerprint density at radius 1 is 0.957 bits per heavy atom. The van der Waals surface area contributed by atoms with Gasteiger partial charge in [-0.05, 0) is 30.5 Å². The maximum Gasteiger partial charge on any atom is 0.310 e. The largest absolute Gasteiger partial charge is 0.455 e. The normalized spacial score (nSPS) is 10.4. The molecule has 0 bridgehead atoms. The van der Waals surface area contributed by atoms with E-state index in [4.69, 9.17) is 4.74 Å². The number of ether oxygens (including phenoxy) is 1. The van der Waals surface area contributed by atoms with Gasteiger partial charge in [0, 0.05) is 6.04 Å². The molecule has 1 amide bonds. The lowest BCUT2D eigenvalue weighted by atomic mass is 10.0. The lowest BCUT2D eigenvalue weighted by Gasteiger charge is -2.09. The zero-order valence-corrected chi connectivity index (χ0v) is 13.4. The summed E-state index contributed by atoms with van der Waals surface area (Å²) in [6.07, 6.45) is 0.157. The van der Waals surface area contributed by atoms with Crippen LogP contribution >= 0.6 is 0 Å². The minimum atomic E-state index is -0.406. The van der Waals surface area contributed by atoms with Gasteiger partial charge in [0.25, 0.3) is 5.91 Å². The Morgan fingerprint density at radius 2 is 1.57 bits per heavy atom. The Bertz CT molecular complexity index is 648. The van der Waals surface area contributed by atoms with Crippen molar-refractivity contribution in [1.29, 1.82) is 0 Å². The first kappa shape index (κ1) is 16.7. The topological polar surface area (TPSA) is 55.4 Å². The van der Waals surface area contributed by atoms with Gasteiger partial charge in [-0.1, -0.05) is 54.6 Å². The minimum Gasteiger partial charge on any atom is -0.455 e. The van der Waals surface area contributed by atoms with Gasteiger partial charge in [-0.2, -0.15) is 0 Å². The molecule has 0 fully saturated rings. The smallest absolute Gasteiger partial charge is 0.310 e. The van der Waals surface area contributed by atoms with Gasteiger partial charge in [-0.15, -0.1) is 0 Å². The molecular weight excluding hydrogens is 290 g/mol. The van der Waals surface area contributed by atoms with E-state index in [9.17, 15) is 9.59 Å². The summed E-state index contributed by atoms with van der Waals surface area (Å²) in [6.45, 7) is 3.47. The summed E-state index contributed by atoms with van der Waals surface area (Å²) in [5, 5.41) is 2.67. The highest BCUT2D eigenvalue weighted by atomic mass is 16.5. The van der Waals surface area contributed by atoms with Gasteiger partial charge in [-0.25, -0.2) is 0 Å². The average Bonchev–Trinajstić information content (AvgIpc) is 2.54. The van der Waals surface area contributed by atoms with Gasteiger partial charge in [0.15, 0.2) is 6.61 Å². The van der Waals surface area contributed by atoms with Crippen molar-refractivity contribution >= 4 is 11.9 Å². The van der Waals surface area contributed by atoms with E-state index in [0.29, 0.717) is 0 Å². The molecular formula is C19H21NO3. The Hall–Kier alpha value is -2.62. The van der Waals surface area contributed by atoms with Gasteiger partial charge in [0.1, 0.15) is 0 Å². The fourth-order valence-corrected chi connectivity index (χ4v) is 2.17. The molecule has 23 heavy (non-hydrogen) atoms. The van der Waals surface area contributed by atoms with Crippen LogP contribution in [0.2, 0.25) is 0 Å². The van der Waals surface area contributed by atoms with Crippen molar-refractivity contribution in [2.45, 2.75) is 26.3 Å². The molecule has 0 spiro atoms. The molecule has 4 heteroatoms. The Labute approximate surface area is 136 Å². The summed E-state index contributed by atoms with van der Waals surface area (Å²) in [5.41, 5.74) is 3.09. The zero-order chi connectivity index (χ0) is 16.7. The van der Waals surface area contributed by atoms with Gasteiger partial charge in [0.05, 0.1) is 6.42 Å². The number of esters is 1. The molecule has 0 heterocycles. The summed E-state index contributed by atoms with van der Waals surface area (Å²) in [6, 6.07) is 17.8. The summed E-state index contributed by atoms with van der Waals surface area (Å²) in [5.74, 6) is -0.691. The molecule has 0 aliphatic carbocycles. The van der Waals surface area contributed by atoms with Crippen molar-refractivity contribution in [2.75, 3.05) is 6.61 Å². The van der Waals surface area contributed by atoms with Crippen LogP contribution in [0.25, 0.3) is 11.1 Å². The van der Waals surface area contributed by atoms with Crippen LogP contribution in [0.15, 0.2) is 54.6 Å². The molecule has 2 aromatic rings. The Kier molecular flexibility index (Phi) is 5.92. The van der Waals surface area contributed by atoms with Gasteiger partial charge < -0.3 is 10.1 Å². The predicted molar refractivity (Wildman–Crippen MR) is 89.8 cm³/mol. The van der Waals surface area contributed by atoms with Crippen molar-refractivity contribution < 1.29 is 14.3 Å². The van der Waals surface area contributed by atoms with E-state index in [0.717, 1.165) is 16.7 Å². The second kappa shape index (κ2) is 8.13. The maximum atomic E-state index is 11.8. The number of carbonyl (C=O) groups excluding carboxylic acids is 2. The van der Waals surface area contributed by atoms with Crippen LogP contribution in [0.4, 0.5) is 0 Å². The minimum absolute atomic E-state index is 0.0340. The van der Waals surface area contributed by atoms with Crippen molar-refractivity contribution in [1.82, 2.24) is 5.32 Å². The molecule has 2 rings (SSSR count). The third-order valence-electron chi connectivity index (χ3n) is 3.22. The summed E-state index contributed by atoms with van der Waals surface area (Å²) in [4.78, 5) is 23.2. The van der Waals surface area contributed by atoms with E-state index < -0.39 is 5.97 Å². The lowest BCUT2D eigenvalue weighted by Crippen LogP contribution is -2.34. The number of benzene rings is 2. The SMILES string of the molecule is CC(C)NC(=O)COC(=O)Cc1ccc(-c2ccccc2)cc1. The van der Waals surface area contributed by atoms with E-state index in [1.165, 1.54) is 0 Å². The number of nitrogens with one attached hydrogen (secondary N) is 1. The number of hydrogen-bond donors (Lipinski definition) is 1. The number of carbonyl (C=O) groups is 2. The third-order valence-corrected chi connectivity index (χ3v) is 3.22. The molecule has 0 radical (unpaired) electrons. The zero-order valence-electron chi connectivity index (χ0n) is 13.4. The predicted octanol–water partition coefficient (Wildman–Crippen LogP) is 2.96.